The first kappa shape index (κ1) is 24.5. The van der Waals surface area contributed by atoms with Gasteiger partial charge in [-0.2, -0.15) is 0 Å². The Labute approximate surface area is 184 Å². The number of alkyl carbamates (subject to hydrolysis) is 1. The molecule has 0 aromatic heterocycles. The summed E-state index contributed by atoms with van der Waals surface area (Å²) in [6, 6.07) is 8.30. The topological polar surface area (TPSA) is 94.2 Å². The van der Waals surface area contributed by atoms with Crippen LogP contribution in [0, 0.1) is 0 Å². The van der Waals surface area contributed by atoms with Crippen LogP contribution in [0.15, 0.2) is 30.3 Å². The smallest absolute Gasteiger partial charge is 0.410 e. The minimum absolute atomic E-state index is 0.0574. The molecular weight excluding hydrogens is 400 g/mol. The van der Waals surface area contributed by atoms with Gasteiger partial charge in [0.15, 0.2) is 0 Å². The highest BCUT2D eigenvalue weighted by Crippen LogP contribution is 2.24. The largest absolute Gasteiger partial charge is 0.460 e. The quantitative estimate of drug-likeness (QED) is 0.556. The molecule has 1 heterocycles. The zero-order chi connectivity index (χ0) is 23.2. The fourth-order valence-electron chi connectivity index (χ4n) is 3.32. The van der Waals surface area contributed by atoms with E-state index in [1.807, 2.05) is 30.3 Å². The van der Waals surface area contributed by atoms with E-state index in [9.17, 15) is 14.4 Å². The summed E-state index contributed by atoms with van der Waals surface area (Å²) in [6.07, 6.45) is -0.706. The van der Waals surface area contributed by atoms with Crippen LogP contribution in [0.4, 0.5) is 9.59 Å². The van der Waals surface area contributed by atoms with Crippen LogP contribution in [-0.2, 0) is 25.6 Å². The van der Waals surface area contributed by atoms with Crippen LogP contribution in [-0.4, -0.2) is 52.9 Å². The van der Waals surface area contributed by atoms with Crippen LogP contribution >= 0.6 is 0 Å². The number of nitrogens with one attached hydrogen (secondary N) is 1. The van der Waals surface area contributed by atoms with Crippen LogP contribution in [0.3, 0.4) is 0 Å². The number of nitrogens with zero attached hydrogens (tertiary/aromatic N) is 1. The Kier molecular flexibility index (Phi) is 7.92. The number of hydrogen-bond donors (Lipinski definition) is 1. The summed E-state index contributed by atoms with van der Waals surface area (Å²) >= 11 is 0. The number of carbonyl (C=O) groups is 3. The maximum atomic E-state index is 12.8. The van der Waals surface area contributed by atoms with Gasteiger partial charge in [-0.25, -0.2) is 9.59 Å². The van der Waals surface area contributed by atoms with Crippen LogP contribution in [0.2, 0.25) is 0 Å². The lowest BCUT2D eigenvalue weighted by Gasteiger charge is -2.29. The Bertz CT molecular complexity index is 767. The van der Waals surface area contributed by atoms with E-state index in [1.54, 1.807) is 41.5 Å². The number of carbonyl (C=O) groups excluding carboxylic acids is 3. The third-order valence-electron chi connectivity index (χ3n) is 4.48. The van der Waals surface area contributed by atoms with Crippen LogP contribution in [0.5, 0.6) is 0 Å². The van der Waals surface area contributed by atoms with E-state index in [2.05, 4.69) is 5.32 Å². The predicted molar refractivity (Wildman–Crippen MR) is 115 cm³/mol. The molecule has 1 N–H and O–H groups in total. The van der Waals surface area contributed by atoms with Crippen molar-refractivity contribution in [1.82, 2.24) is 10.2 Å². The second-order valence-electron chi connectivity index (χ2n) is 9.63. The van der Waals surface area contributed by atoms with E-state index in [1.165, 1.54) is 4.90 Å². The van der Waals surface area contributed by atoms with Crippen molar-refractivity contribution in [3.8, 4) is 0 Å². The first-order valence-electron chi connectivity index (χ1n) is 10.5. The number of rotatable bonds is 5. The molecule has 2 amide bonds. The number of hydrogen-bond acceptors (Lipinski definition) is 6. The molecule has 1 aliphatic rings. The molecule has 0 saturated carbocycles. The number of likely N-dealkylation sites (tertiary alicyclic amines) is 1. The summed E-state index contributed by atoms with van der Waals surface area (Å²) in [4.78, 5) is 39.0. The molecule has 0 unspecified atom stereocenters. The maximum Gasteiger partial charge on any atom is 0.410 e. The molecule has 1 aliphatic heterocycles. The fraction of sp³-hybridized carbons (Fsp3) is 0.609. The van der Waals surface area contributed by atoms with Crippen LogP contribution in [0.25, 0.3) is 0 Å². The normalized spacial score (nSPS) is 19.0. The van der Waals surface area contributed by atoms with E-state index in [0.717, 1.165) is 5.56 Å². The average Bonchev–Trinajstić information content (AvgIpc) is 2.99. The molecule has 2 rings (SSSR count). The van der Waals surface area contributed by atoms with E-state index in [4.69, 9.17) is 14.2 Å². The molecule has 8 nitrogen and oxygen atoms in total. The molecule has 31 heavy (non-hydrogen) atoms. The summed E-state index contributed by atoms with van der Waals surface area (Å²) in [5, 5.41) is 2.79. The van der Waals surface area contributed by atoms with Gasteiger partial charge in [-0.05, 0) is 53.5 Å². The number of ether oxygens (including phenoxy) is 3. The summed E-state index contributed by atoms with van der Waals surface area (Å²) < 4.78 is 16.2. The predicted octanol–water partition coefficient (Wildman–Crippen LogP) is 4.02. The Balaban J connectivity index is 2.08. The minimum Gasteiger partial charge on any atom is -0.460 e. The fourth-order valence-corrected chi connectivity index (χ4v) is 3.32. The molecule has 2 atom stereocenters. The van der Waals surface area contributed by atoms with Crippen molar-refractivity contribution < 1.29 is 28.6 Å². The second kappa shape index (κ2) is 10.0. The molecule has 1 aromatic carbocycles. The zero-order valence-electron chi connectivity index (χ0n) is 19.3. The first-order chi connectivity index (χ1) is 14.3. The standard InChI is InChI=1S/C23H34N2O6/c1-22(2,3)30-19(26)14-18-17(24-20(27)31-23(4,5)6)12-13-25(18)21(28)29-15-16-10-8-7-9-11-16/h7-11,17-18H,12-15H2,1-6H3,(H,24,27)/t17-,18+/m0/s1. The van der Waals surface area contributed by atoms with Gasteiger partial charge in [-0.1, -0.05) is 30.3 Å². The van der Waals surface area contributed by atoms with Crippen molar-refractivity contribution in [3.63, 3.8) is 0 Å². The zero-order valence-corrected chi connectivity index (χ0v) is 19.3. The van der Waals surface area contributed by atoms with Gasteiger partial charge in [-0.3, -0.25) is 4.79 Å². The molecule has 8 heteroatoms. The summed E-state index contributed by atoms with van der Waals surface area (Å²) in [6.45, 7) is 11.1. The maximum absolute atomic E-state index is 12.8. The van der Waals surface area contributed by atoms with Gasteiger partial charge in [0.05, 0.1) is 18.5 Å². The van der Waals surface area contributed by atoms with Crippen LogP contribution < -0.4 is 5.32 Å². The SMILES string of the molecule is CC(C)(C)OC(=O)C[C@@H]1[C@@H](NC(=O)OC(C)(C)C)CCN1C(=O)OCc1ccccc1. The number of benzene rings is 1. The molecule has 172 valence electrons. The van der Waals surface area contributed by atoms with Gasteiger partial charge in [0.25, 0.3) is 0 Å². The highest BCUT2D eigenvalue weighted by molar-refractivity contribution is 5.75. The van der Waals surface area contributed by atoms with Gasteiger partial charge in [0.1, 0.15) is 17.8 Å². The summed E-state index contributed by atoms with van der Waals surface area (Å²) in [7, 11) is 0. The van der Waals surface area contributed by atoms with E-state index < -0.39 is 41.4 Å². The lowest BCUT2D eigenvalue weighted by molar-refractivity contribution is -0.156. The third kappa shape index (κ3) is 8.47. The molecular formula is C23H34N2O6. The van der Waals surface area contributed by atoms with Crippen molar-refractivity contribution in [2.24, 2.45) is 0 Å². The monoisotopic (exact) mass is 434 g/mol. The Morgan fingerprint density at radius 1 is 1.00 bits per heavy atom. The Morgan fingerprint density at radius 3 is 2.19 bits per heavy atom. The highest BCUT2D eigenvalue weighted by Gasteiger charge is 2.41. The van der Waals surface area contributed by atoms with Gasteiger partial charge in [0, 0.05) is 6.54 Å². The lowest BCUT2D eigenvalue weighted by Crippen LogP contribution is -2.49. The first-order valence-corrected chi connectivity index (χ1v) is 10.5. The van der Waals surface area contributed by atoms with Crippen molar-refractivity contribution in [1.29, 1.82) is 0 Å². The molecule has 0 radical (unpaired) electrons. The van der Waals surface area contributed by atoms with Gasteiger partial charge in [-0.15, -0.1) is 0 Å². The Morgan fingerprint density at radius 2 is 1.61 bits per heavy atom. The molecule has 1 aromatic rings. The van der Waals surface area contributed by atoms with Gasteiger partial charge < -0.3 is 24.4 Å². The molecule has 0 aliphatic carbocycles. The molecule has 0 bridgehead atoms. The highest BCUT2D eigenvalue weighted by atomic mass is 16.6. The van der Waals surface area contributed by atoms with E-state index >= 15 is 0 Å². The molecule has 0 spiro atoms. The van der Waals surface area contributed by atoms with Gasteiger partial charge >= 0.3 is 18.2 Å². The average molecular weight is 435 g/mol. The van der Waals surface area contributed by atoms with E-state index in [0.29, 0.717) is 13.0 Å². The van der Waals surface area contributed by atoms with Crippen molar-refractivity contribution in [2.75, 3.05) is 6.54 Å². The summed E-state index contributed by atoms with van der Waals surface area (Å²) in [5.74, 6) is -0.448. The molecule has 1 saturated heterocycles. The van der Waals surface area contributed by atoms with E-state index in [-0.39, 0.29) is 13.0 Å². The number of amides is 2. The third-order valence-corrected chi connectivity index (χ3v) is 4.48. The number of esters is 1. The summed E-state index contributed by atoms with van der Waals surface area (Å²) in [5.41, 5.74) is -0.442. The Hall–Kier alpha value is -2.77. The van der Waals surface area contributed by atoms with Crippen LogP contribution in [0.1, 0.15) is 59.9 Å². The molecule has 1 fully saturated rings. The lowest BCUT2D eigenvalue weighted by atomic mass is 10.1. The van der Waals surface area contributed by atoms with Crippen molar-refractivity contribution >= 4 is 18.2 Å². The minimum atomic E-state index is -0.655. The van der Waals surface area contributed by atoms with Crippen molar-refractivity contribution in [2.45, 2.75) is 84.3 Å². The van der Waals surface area contributed by atoms with Gasteiger partial charge in [0.2, 0.25) is 0 Å². The van der Waals surface area contributed by atoms with Crippen molar-refractivity contribution in [3.05, 3.63) is 35.9 Å². The second-order valence-corrected chi connectivity index (χ2v) is 9.63.